The van der Waals surface area contributed by atoms with Crippen molar-refractivity contribution in [1.29, 1.82) is 0 Å². The van der Waals surface area contributed by atoms with Gasteiger partial charge in [-0.2, -0.15) is 0 Å². The third kappa shape index (κ3) is 30.4. The Morgan fingerprint density at radius 1 is 0.344 bits per heavy atom. The number of benzene rings is 8. The summed E-state index contributed by atoms with van der Waals surface area (Å²) < 4.78 is 10.2. The number of hydrogen-bond acceptors (Lipinski definition) is 4. The van der Waals surface area contributed by atoms with E-state index in [1.807, 2.05) is 89.2 Å². The maximum absolute atomic E-state index is 5.83. The van der Waals surface area contributed by atoms with Crippen molar-refractivity contribution in [1.82, 2.24) is 0 Å². The number of hydrogen-bond donors (Lipinski definition) is 0. The van der Waals surface area contributed by atoms with Gasteiger partial charge in [0.15, 0.2) is 0 Å². The molecule has 0 aliphatic carbocycles. The number of methoxy groups -OCH3 is 2. The van der Waals surface area contributed by atoms with Gasteiger partial charge in [0.25, 0.3) is 0 Å². The van der Waals surface area contributed by atoms with E-state index in [9.17, 15) is 0 Å². The normalized spacial score (nSPS) is 9.96. The molecule has 0 N–H and O–H groups in total. The summed E-state index contributed by atoms with van der Waals surface area (Å²) in [5.74, 6) is 2.58. The van der Waals surface area contributed by atoms with Crippen molar-refractivity contribution in [2.45, 2.75) is 171 Å². The standard InChI is InChI=1S/C14H23N.C14H19N.C11H16.C10H14.2C9H12O.C8H8Cl2.C8H9Cl/c2*1-5-9-15(10-6-2)14-8-7-12(3)11-13(14)4;1-8(2)11-7-9(3)5-6-10(11)4;1-7-5-9(3)10(4)6-8(7)2;1-7-4-5-9(10-3)8(2)6-7;1-7-4-5-8(2)9(6-7)10-3;1-5-3-8(10)6(2)4-7(5)9;1-6-3-4-8(9)7(2)5-6/h7-8,11H,5-6,9-10H2,1-4H3;5-8,11H,1-2,9-10H2,3-4H3;5-8H,1-4H3;5-6H,1-4H3;2*4-6H,1-3H3;3-4H,1-2H3;3-5H,1-2H3. The molecule has 0 radical (unpaired) electrons. The molecule has 0 saturated carbocycles. The fourth-order valence-corrected chi connectivity index (χ4v) is 10.3. The molecule has 90 heavy (non-hydrogen) atoms. The summed E-state index contributed by atoms with van der Waals surface area (Å²) >= 11 is 17.4. The van der Waals surface area contributed by atoms with Gasteiger partial charge in [0, 0.05) is 52.6 Å². The lowest BCUT2D eigenvalue weighted by Crippen LogP contribution is -2.25. The summed E-state index contributed by atoms with van der Waals surface area (Å²) in [5, 5.41) is 2.41. The molecule has 0 atom stereocenters. The van der Waals surface area contributed by atoms with E-state index in [0.29, 0.717) is 5.92 Å². The molecular weight excluding hydrogens is 1160 g/mol. The van der Waals surface area contributed by atoms with Crippen molar-refractivity contribution in [2.24, 2.45) is 0 Å². The van der Waals surface area contributed by atoms with Crippen LogP contribution in [0.15, 0.2) is 159 Å². The van der Waals surface area contributed by atoms with Crippen LogP contribution in [0.3, 0.4) is 0 Å². The van der Waals surface area contributed by atoms with E-state index in [-0.39, 0.29) is 0 Å². The third-order valence-corrected chi connectivity index (χ3v) is 16.3. The topological polar surface area (TPSA) is 24.9 Å². The first-order chi connectivity index (χ1) is 42.4. The van der Waals surface area contributed by atoms with Crippen molar-refractivity contribution < 1.29 is 9.47 Å². The highest BCUT2D eigenvalue weighted by Gasteiger charge is 2.09. The highest BCUT2D eigenvalue weighted by molar-refractivity contribution is 6.34. The third-order valence-electron chi connectivity index (χ3n) is 15.1. The van der Waals surface area contributed by atoms with Crippen molar-refractivity contribution in [2.75, 3.05) is 50.2 Å². The summed E-state index contributed by atoms with van der Waals surface area (Å²) in [6.07, 6.45) is 6.27. The number of nitrogens with zero attached hydrogens (tertiary/aromatic N) is 2. The van der Waals surface area contributed by atoms with E-state index in [4.69, 9.17) is 44.3 Å². The number of rotatable bonds is 13. The van der Waals surface area contributed by atoms with Gasteiger partial charge in [-0.1, -0.05) is 193 Å². The monoisotopic (exact) mass is 1270 g/mol. The Morgan fingerprint density at radius 2 is 0.689 bits per heavy atom. The number of aryl methyl sites for hydroxylation is 18. The summed E-state index contributed by atoms with van der Waals surface area (Å²) in [6, 6.07) is 46.5. The predicted molar refractivity (Wildman–Crippen MR) is 404 cm³/mol. The lowest BCUT2D eigenvalue weighted by atomic mass is 9.96. The second-order valence-electron chi connectivity index (χ2n) is 24.1. The molecule has 0 fully saturated rings. The van der Waals surface area contributed by atoms with Crippen LogP contribution < -0.4 is 19.3 Å². The van der Waals surface area contributed by atoms with E-state index in [2.05, 4.69) is 232 Å². The van der Waals surface area contributed by atoms with E-state index in [0.717, 1.165) is 69.4 Å². The molecule has 0 aromatic heterocycles. The van der Waals surface area contributed by atoms with E-state index in [1.54, 1.807) is 14.2 Å². The lowest BCUT2D eigenvalue weighted by molar-refractivity contribution is 0.411. The fraction of sp³-hybridized carbons (Fsp3) is 0.373. The van der Waals surface area contributed by atoms with Crippen LogP contribution in [0.4, 0.5) is 11.4 Å². The van der Waals surface area contributed by atoms with Crippen LogP contribution in [0.2, 0.25) is 15.1 Å². The largest absolute Gasteiger partial charge is 0.496 e. The SMILES string of the molecule is C=CCN(CC=C)c1ccc(C)cc1C.CCCN(CCC)c1ccc(C)cc1C.COc1cc(C)ccc1C.COc1ccc(C)cc1C.Cc1cc(C)c(C)cc1C.Cc1cc(Cl)c(C)cc1Cl.Cc1ccc(C)c(C(C)C)c1.Cc1ccc(Cl)c(C)c1. The van der Waals surface area contributed by atoms with E-state index < -0.39 is 0 Å². The van der Waals surface area contributed by atoms with Crippen LogP contribution in [0.1, 0.15) is 152 Å². The predicted octanol–water partition coefficient (Wildman–Crippen LogP) is 24.9. The second kappa shape index (κ2) is 43.1. The zero-order valence-electron chi connectivity index (χ0n) is 59.9. The van der Waals surface area contributed by atoms with Crippen LogP contribution in [0, 0.1) is 125 Å². The zero-order valence-corrected chi connectivity index (χ0v) is 62.2. The molecule has 0 heterocycles. The number of halogens is 3. The summed E-state index contributed by atoms with van der Waals surface area (Å²) in [6.45, 7) is 58.3. The van der Waals surface area contributed by atoms with Gasteiger partial charge >= 0.3 is 0 Å². The Balaban J connectivity index is 0.000000518. The van der Waals surface area contributed by atoms with Crippen molar-refractivity contribution in [3.05, 3.63) is 280 Å². The summed E-state index contributed by atoms with van der Waals surface area (Å²) in [4.78, 5) is 4.75. The van der Waals surface area contributed by atoms with Crippen LogP contribution in [-0.4, -0.2) is 40.4 Å². The lowest BCUT2D eigenvalue weighted by Gasteiger charge is -2.25. The average molecular weight is 1280 g/mol. The van der Waals surface area contributed by atoms with Gasteiger partial charge in [-0.15, -0.1) is 13.2 Å². The Labute approximate surface area is 564 Å². The van der Waals surface area contributed by atoms with Gasteiger partial charge < -0.3 is 19.3 Å². The minimum Gasteiger partial charge on any atom is -0.496 e. The van der Waals surface area contributed by atoms with Gasteiger partial charge in [0.05, 0.1) is 14.2 Å². The maximum Gasteiger partial charge on any atom is 0.122 e. The molecule has 0 spiro atoms. The molecule has 0 saturated heterocycles. The minimum atomic E-state index is 0.648. The Kier molecular flexibility index (Phi) is 39.0. The van der Waals surface area contributed by atoms with Crippen LogP contribution in [0.25, 0.3) is 0 Å². The number of anilines is 2. The summed E-state index contributed by atoms with van der Waals surface area (Å²) in [5.41, 5.74) is 27.2. The van der Waals surface area contributed by atoms with Crippen LogP contribution in [-0.2, 0) is 0 Å². The number of ether oxygens (including phenoxy) is 2. The molecule has 0 aliphatic rings. The Morgan fingerprint density at radius 3 is 1.03 bits per heavy atom. The molecule has 488 valence electrons. The molecule has 7 heteroatoms. The first-order valence-electron chi connectivity index (χ1n) is 31.7. The highest BCUT2D eigenvalue weighted by Crippen LogP contribution is 2.26. The molecule has 4 nitrogen and oxygen atoms in total. The second-order valence-corrected chi connectivity index (χ2v) is 25.4. The summed E-state index contributed by atoms with van der Waals surface area (Å²) in [7, 11) is 3.39. The van der Waals surface area contributed by atoms with Gasteiger partial charge in [0.1, 0.15) is 11.5 Å². The highest BCUT2D eigenvalue weighted by atomic mass is 35.5. The molecule has 8 aromatic rings. The van der Waals surface area contributed by atoms with Crippen LogP contribution in [0.5, 0.6) is 11.5 Å². The molecule has 0 amide bonds. The van der Waals surface area contributed by atoms with Crippen LogP contribution >= 0.6 is 34.8 Å². The molecule has 8 aromatic carbocycles. The molecule has 0 unspecified atom stereocenters. The van der Waals surface area contributed by atoms with Crippen molar-refractivity contribution >= 4 is 46.2 Å². The first-order valence-corrected chi connectivity index (χ1v) is 32.9. The van der Waals surface area contributed by atoms with Gasteiger partial charge in [0.2, 0.25) is 0 Å². The average Bonchev–Trinajstić information content (AvgIpc) is 3.22. The van der Waals surface area contributed by atoms with E-state index >= 15 is 0 Å². The van der Waals surface area contributed by atoms with E-state index in [1.165, 1.54) is 113 Å². The Hall–Kier alpha value is -6.69. The quantitative estimate of drug-likeness (QED) is 0.107. The molecule has 8 rings (SSSR count). The minimum absolute atomic E-state index is 0.648. The smallest absolute Gasteiger partial charge is 0.122 e. The zero-order chi connectivity index (χ0) is 68.4. The first kappa shape index (κ1) is 81.3. The van der Waals surface area contributed by atoms with Crippen molar-refractivity contribution in [3.63, 3.8) is 0 Å². The fourth-order valence-electron chi connectivity index (χ4n) is 9.78. The molecule has 0 aliphatic heterocycles. The molecular formula is C83H113Cl3N2O2. The molecule has 0 bridgehead atoms. The van der Waals surface area contributed by atoms with Gasteiger partial charge in [-0.3, -0.25) is 0 Å². The van der Waals surface area contributed by atoms with Crippen molar-refractivity contribution in [3.8, 4) is 11.5 Å². The Bertz CT molecular complexity index is 3280. The maximum atomic E-state index is 5.83. The van der Waals surface area contributed by atoms with Gasteiger partial charge in [-0.25, -0.2) is 0 Å². The van der Waals surface area contributed by atoms with Gasteiger partial charge in [-0.05, 0) is 264 Å².